The standard InChI is InChI=1S/C19H19N3O5/c1-13-18(23)21(15-7-9-17(27-2)10-8-15)12-11-20(13)19(24)14-3-5-16(6-4-14)22(25)26/h3-10,13H,11-12H2,1-2H3. The number of nitro benzene ring substituents is 1. The summed E-state index contributed by atoms with van der Waals surface area (Å²) in [5.74, 6) is 0.202. The van der Waals surface area contributed by atoms with Crippen LogP contribution in [0.2, 0.25) is 0 Å². The Hall–Kier alpha value is -3.42. The van der Waals surface area contributed by atoms with E-state index in [9.17, 15) is 19.7 Å². The molecule has 8 heteroatoms. The van der Waals surface area contributed by atoms with Crippen molar-refractivity contribution in [3.05, 3.63) is 64.2 Å². The summed E-state index contributed by atoms with van der Waals surface area (Å²) in [6.07, 6.45) is 0. The minimum atomic E-state index is -0.636. The third kappa shape index (κ3) is 3.59. The Morgan fingerprint density at radius 3 is 2.30 bits per heavy atom. The van der Waals surface area contributed by atoms with Crippen molar-refractivity contribution < 1.29 is 19.2 Å². The summed E-state index contributed by atoms with van der Waals surface area (Å²) in [7, 11) is 1.57. The molecule has 27 heavy (non-hydrogen) atoms. The van der Waals surface area contributed by atoms with Crippen molar-refractivity contribution in [3.63, 3.8) is 0 Å². The minimum Gasteiger partial charge on any atom is -0.497 e. The normalized spacial score (nSPS) is 17.0. The zero-order valence-corrected chi connectivity index (χ0v) is 15.0. The Kier molecular flexibility index (Phi) is 5.07. The molecule has 0 spiro atoms. The molecule has 2 amide bonds. The number of ether oxygens (including phenoxy) is 1. The quantitative estimate of drug-likeness (QED) is 0.610. The van der Waals surface area contributed by atoms with E-state index in [1.165, 1.54) is 29.2 Å². The van der Waals surface area contributed by atoms with Gasteiger partial charge in [0.2, 0.25) is 5.91 Å². The van der Waals surface area contributed by atoms with Gasteiger partial charge in [0.1, 0.15) is 11.8 Å². The average Bonchev–Trinajstić information content (AvgIpc) is 2.69. The summed E-state index contributed by atoms with van der Waals surface area (Å²) >= 11 is 0. The molecule has 0 saturated carbocycles. The van der Waals surface area contributed by atoms with Gasteiger partial charge in [-0.15, -0.1) is 0 Å². The minimum absolute atomic E-state index is 0.0833. The first kappa shape index (κ1) is 18.4. The Balaban J connectivity index is 1.75. The molecule has 0 N–H and O–H groups in total. The molecule has 1 fully saturated rings. The summed E-state index contributed by atoms with van der Waals surface area (Å²) in [6, 6.07) is 11.9. The number of carbonyl (C=O) groups excluding carboxylic acids is 2. The molecule has 0 radical (unpaired) electrons. The van der Waals surface area contributed by atoms with Crippen molar-refractivity contribution in [3.8, 4) is 5.75 Å². The van der Waals surface area contributed by atoms with E-state index >= 15 is 0 Å². The Bertz CT molecular complexity index is 864. The number of anilines is 1. The zero-order chi connectivity index (χ0) is 19.6. The number of non-ortho nitro benzene ring substituents is 1. The van der Waals surface area contributed by atoms with E-state index in [0.717, 1.165) is 5.69 Å². The summed E-state index contributed by atoms with van der Waals surface area (Å²) < 4.78 is 5.13. The first-order valence-corrected chi connectivity index (χ1v) is 8.43. The molecule has 1 saturated heterocycles. The fraction of sp³-hybridized carbons (Fsp3) is 0.263. The maximum atomic E-state index is 12.8. The third-order valence-corrected chi connectivity index (χ3v) is 4.63. The highest BCUT2D eigenvalue weighted by Crippen LogP contribution is 2.24. The SMILES string of the molecule is COc1ccc(N2CCN(C(=O)c3ccc([N+](=O)[O-])cc3)C(C)C2=O)cc1. The van der Waals surface area contributed by atoms with Crippen LogP contribution in [0.5, 0.6) is 5.75 Å². The molecule has 1 aliphatic rings. The number of amides is 2. The van der Waals surface area contributed by atoms with Crippen LogP contribution in [-0.4, -0.2) is 47.9 Å². The van der Waals surface area contributed by atoms with E-state index < -0.39 is 11.0 Å². The maximum absolute atomic E-state index is 12.8. The van der Waals surface area contributed by atoms with E-state index in [2.05, 4.69) is 0 Å². The lowest BCUT2D eigenvalue weighted by Gasteiger charge is -2.39. The first-order valence-electron chi connectivity index (χ1n) is 8.43. The number of benzene rings is 2. The van der Waals surface area contributed by atoms with Crippen molar-refractivity contribution in [1.29, 1.82) is 0 Å². The lowest BCUT2D eigenvalue weighted by Crippen LogP contribution is -2.57. The molecule has 2 aromatic rings. The fourth-order valence-corrected chi connectivity index (χ4v) is 3.06. The monoisotopic (exact) mass is 369 g/mol. The second-order valence-corrected chi connectivity index (χ2v) is 6.17. The van der Waals surface area contributed by atoms with Crippen LogP contribution >= 0.6 is 0 Å². The number of nitrogens with zero attached hydrogens (tertiary/aromatic N) is 3. The summed E-state index contributed by atoms with van der Waals surface area (Å²) in [5, 5.41) is 10.7. The zero-order valence-electron chi connectivity index (χ0n) is 15.0. The van der Waals surface area contributed by atoms with E-state index in [4.69, 9.17) is 4.74 Å². The summed E-state index contributed by atoms with van der Waals surface area (Å²) in [5.41, 5.74) is 0.980. The highest BCUT2D eigenvalue weighted by atomic mass is 16.6. The Morgan fingerprint density at radius 1 is 1.11 bits per heavy atom. The smallest absolute Gasteiger partial charge is 0.269 e. The predicted octanol–water partition coefficient (Wildman–Crippen LogP) is 2.48. The molecular weight excluding hydrogens is 350 g/mol. The first-order chi connectivity index (χ1) is 12.9. The van der Waals surface area contributed by atoms with Crippen LogP contribution in [0.15, 0.2) is 48.5 Å². The van der Waals surface area contributed by atoms with E-state index in [1.807, 2.05) is 0 Å². The summed E-state index contributed by atoms with van der Waals surface area (Å²) in [4.78, 5) is 38.9. The van der Waals surface area contributed by atoms with Gasteiger partial charge in [-0.3, -0.25) is 19.7 Å². The van der Waals surface area contributed by atoms with Crippen molar-refractivity contribution in [1.82, 2.24) is 4.90 Å². The molecule has 1 atom stereocenters. The molecule has 0 aliphatic carbocycles. The second kappa shape index (κ2) is 7.45. The molecule has 0 aromatic heterocycles. The van der Waals surface area contributed by atoms with Gasteiger partial charge in [0.15, 0.2) is 0 Å². The van der Waals surface area contributed by atoms with Crippen LogP contribution in [0.3, 0.4) is 0 Å². The molecule has 1 aliphatic heterocycles. The molecule has 2 aromatic carbocycles. The van der Waals surface area contributed by atoms with Gasteiger partial charge in [0, 0.05) is 36.5 Å². The molecule has 140 valence electrons. The molecule has 8 nitrogen and oxygen atoms in total. The van der Waals surface area contributed by atoms with Gasteiger partial charge in [0.25, 0.3) is 11.6 Å². The van der Waals surface area contributed by atoms with Gasteiger partial charge in [-0.1, -0.05) is 0 Å². The number of hydrogen-bond acceptors (Lipinski definition) is 5. The van der Waals surface area contributed by atoms with Gasteiger partial charge in [-0.2, -0.15) is 0 Å². The highest BCUT2D eigenvalue weighted by Gasteiger charge is 2.35. The van der Waals surface area contributed by atoms with Crippen LogP contribution < -0.4 is 9.64 Å². The topological polar surface area (TPSA) is 93.0 Å². The highest BCUT2D eigenvalue weighted by molar-refractivity contribution is 6.03. The second-order valence-electron chi connectivity index (χ2n) is 6.17. The Labute approximate surface area is 156 Å². The average molecular weight is 369 g/mol. The van der Waals surface area contributed by atoms with Crippen molar-refractivity contribution >= 4 is 23.2 Å². The van der Waals surface area contributed by atoms with E-state index in [0.29, 0.717) is 24.4 Å². The fourth-order valence-electron chi connectivity index (χ4n) is 3.06. The molecular formula is C19H19N3O5. The lowest BCUT2D eigenvalue weighted by molar-refractivity contribution is -0.384. The van der Waals surface area contributed by atoms with Crippen LogP contribution in [0.4, 0.5) is 11.4 Å². The number of carbonyl (C=O) groups is 2. The van der Waals surface area contributed by atoms with Crippen LogP contribution in [0.25, 0.3) is 0 Å². The predicted molar refractivity (Wildman–Crippen MR) is 98.9 cm³/mol. The van der Waals surface area contributed by atoms with Crippen molar-refractivity contribution in [2.75, 3.05) is 25.1 Å². The number of piperazine rings is 1. The van der Waals surface area contributed by atoms with Gasteiger partial charge in [-0.05, 0) is 43.3 Å². The van der Waals surface area contributed by atoms with Crippen LogP contribution in [0, 0.1) is 10.1 Å². The van der Waals surface area contributed by atoms with Gasteiger partial charge in [-0.25, -0.2) is 0 Å². The molecule has 0 bridgehead atoms. The molecule has 3 rings (SSSR count). The van der Waals surface area contributed by atoms with Crippen molar-refractivity contribution in [2.24, 2.45) is 0 Å². The molecule has 1 unspecified atom stereocenters. The lowest BCUT2D eigenvalue weighted by atomic mass is 10.1. The number of hydrogen-bond donors (Lipinski definition) is 0. The largest absolute Gasteiger partial charge is 0.497 e. The number of nitro groups is 1. The van der Waals surface area contributed by atoms with Gasteiger partial charge >= 0.3 is 0 Å². The van der Waals surface area contributed by atoms with Gasteiger partial charge < -0.3 is 14.5 Å². The third-order valence-electron chi connectivity index (χ3n) is 4.63. The number of rotatable bonds is 4. The summed E-state index contributed by atoms with van der Waals surface area (Å²) in [6.45, 7) is 2.42. The Morgan fingerprint density at radius 2 is 1.74 bits per heavy atom. The van der Waals surface area contributed by atoms with Crippen LogP contribution in [0.1, 0.15) is 17.3 Å². The molecule has 1 heterocycles. The maximum Gasteiger partial charge on any atom is 0.269 e. The van der Waals surface area contributed by atoms with Gasteiger partial charge in [0.05, 0.1) is 12.0 Å². The number of methoxy groups -OCH3 is 1. The van der Waals surface area contributed by atoms with Crippen molar-refractivity contribution in [2.45, 2.75) is 13.0 Å². The van der Waals surface area contributed by atoms with E-state index in [-0.39, 0.29) is 17.5 Å². The van der Waals surface area contributed by atoms with Crippen LogP contribution in [-0.2, 0) is 4.79 Å². The van der Waals surface area contributed by atoms with E-state index in [1.54, 1.807) is 43.2 Å².